The molecule has 1 nitrogen and oxygen atoms in total. The number of alkyl halides is 3. The first-order chi connectivity index (χ1) is 19.5. The normalized spacial score (nSPS) is 16.6. The summed E-state index contributed by atoms with van der Waals surface area (Å²) in [5, 5.41) is 3.03. The maximum absolute atomic E-state index is 14.6. The number of hydrogen-bond donors (Lipinski definition) is 0. The van der Waals surface area contributed by atoms with Crippen molar-refractivity contribution in [2.24, 2.45) is 7.05 Å². The van der Waals surface area contributed by atoms with E-state index in [2.05, 4.69) is 56.2 Å². The van der Waals surface area contributed by atoms with Gasteiger partial charge in [0, 0.05) is 12.6 Å². The molecule has 216 valence electrons. The van der Waals surface area contributed by atoms with Gasteiger partial charge in [0.05, 0.1) is 19.1 Å². The van der Waals surface area contributed by atoms with Crippen LogP contribution in [0, 0.1) is 6.92 Å². The summed E-state index contributed by atoms with van der Waals surface area (Å²) < 4.78 is 55.0. The first-order valence-corrected chi connectivity index (χ1v) is 18.3. The maximum Gasteiger partial charge on any atom is 0.397 e. The Kier molecular flexibility index (Phi) is 7.38. The summed E-state index contributed by atoms with van der Waals surface area (Å²) in [5.74, 6) is -0.535. The molecule has 5 rings (SSSR count). The van der Waals surface area contributed by atoms with E-state index in [1.54, 1.807) is 6.07 Å². The average molecular weight is 576 g/mol. The number of aromatic nitrogens is 1. The van der Waals surface area contributed by atoms with Gasteiger partial charge in [-0.2, -0.15) is 13.2 Å². The molecule has 0 amide bonds. The second-order valence-corrected chi connectivity index (χ2v) is 18.4. The van der Waals surface area contributed by atoms with Crippen molar-refractivity contribution in [3.05, 3.63) is 83.6 Å². The van der Waals surface area contributed by atoms with Gasteiger partial charge in [0.1, 0.15) is 7.05 Å². The van der Waals surface area contributed by atoms with Crippen molar-refractivity contribution in [1.82, 2.24) is 0 Å². The topological polar surface area (TPSA) is 3.88 Å². The molecule has 0 radical (unpaired) electrons. The van der Waals surface area contributed by atoms with Gasteiger partial charge >= 0.3 is 6.18 Å². The Balaban J connectivity index is 1.77. The van der Waals surface area contributed by atoms with Crippen LogP contribution in [0.1, 0.15) is 69.9 Å². The Morgan fingerprint density at radius 2 is 1.54 bits per heavy atom. The lowest BCUT2D eigenvalue weighted by Crippen LogP contribution is -2.46. The Morgan fingerprint density at radius 1 is 0.902 bits per heavy atom. The fourth-order valence-electron chi connectivity index (χ4n) is 6.39. The Bertz CT molecular complexity index is 1630. The summed E-state index contributed by atoms with van der Waals surface area (Å²) in [5.41, 5.74) is 3.69. The summed E-state index contributed by atoms with van der Waals surface area (Å²) in [6, 6.07) is 20.0. The minimum atomic E-state index is -4.42. The fraction of sp³-hybridized carbons (Fsp3) is 0.417. The van der Waals surface area contributed by atoms with Gasteiger partial charge in [0.2, 0.25) is 5.69 Å². The SMILES string of the molecule is [2H]C1(c2ccc(-c3cc(-c4c(C(C)(C)C(F)(F)F)cc5ccccc5c4C)[n+](C)cc3[Si](C)(C)C)cc2)CCCCC1. The number of hydrogen-bond acceptors (Lipinski definition) is 0. The molecule has 4 aromatic rings. The van der Waals surface area contributed by atoms with Crippen molar-refractivity contribution in [2.75, 3.05) is 0 Å². The van der Waals surface area contributed by atoms with Gasteiger partial charge in [-0.25, -0.2) is 4.57 Å². The maximum atomic E-state index is 14.6. The largest absolute Gasteiger partial charge is 0.397 e. The molecule has 0 bridgehead atoms. The number of pyridine rings is 1. The van der Waals surface area contributed by atoms with Crippen LogP contribution in [0.5, 0.6) is 0 Å². The second kappa shape index (κ2) is 10.7. The summed E-state index contributed by atoms with van der Waals surface area (Å²) in [4.78, 5) is 0. The van der Waals surface area contributed by atoms with Crippen LogP contribution in [0.4, 0.5) is 13.2 Å². The van der Waals surface area contributed by atoms with E-state index in [1.165, 1.54) is 25.5 Å². The number of aryl methyl sites for hydroxylation is 2. The van der Waals surface area contributed by atoms with Gasteiger partial charge in [-0.1, -0.05) is 87.4 Å². The summed E-state index contributed by atoms with van der Waals surface area (Å²) in [6.45, 7) is 11.4. The van der Waals surface area contributed by atoms with E-state index >= 15 is 0 Å². The molecule has 5 heteroatoms. The molecule has 0 atom stereocenters. The highest BCUT2D eigenvalue weighted by molar-refractivity contribution is 6.89. The Labute approximate surface area is 245 Å². The lowest BCUT2D eigenvalue weighted by molar-refractivity contribution is -0.659. The van der Waals surface area contributed by atoms with Crippen LogP contribution in [-0.4, -0.2) is 14.3 Å². The molecule has 0 unspecified atom stereocenters. The van der Waals surface area contributed by atoms with Crippen LogP contribution in [0.15, 0.2) is 66.9 Å². The smallest absolute Gasteiger partial charge is 0.201 e. The van der Waals surface area contributed by atoms with Crippen LogP contribution in [0.3, 0.4) is 0 Å². The second-order valence-electron chi connectivity index (χ2n) is 13.4. The van der Waals surface area contributed by atoms with Crippen molar-refractivity contribution in [1.29, 1.82) is 0 Å². The first-order valence-electron chi connectivity index (χ1n) is 15.3. The van der Waals surface area contributed by atoms with Crippen molar-refractivity contribution in [3.8, 4) is 22.4 Å². The van der Waals surface area contributed by atoms with Gasteiger partial charge in [0.25, 0.3) is 0 Å². The third kappa shape index (κ3) is 5.50. The van der Waals surface area contributed by atoms with Crippen molar-refractivity contribution in [3.63, 3.8) is 0 Å². The quantitative estimate of drug-likeness (QED) is 0.165. The minimum Gasteiger partial charge on any atom is -0.201 e. The number of halogens is 3. The van der Waals surface area contributed by atoms with Crippen LogP contribution in [-0.2, 0) is 12.5 Å². The van der Waals surface area contributed by atoms with E-state index in [-0.39, 0.29) is 5.56 Å². The third-order valence-corrected chi connectivity index (χ3v) is 11.1. The summed E-state index contributed by atoms with van der Waals surface area (Å²) >= 11 is 0. The van der Waals surface area contributed by atoms with Gasteiger partial charge in [-0.05, 0) is 84.2 Å². The van der Waals surface area contributed by atoms with Gasteiger partial charge in [-0.15, -0.1) is 0 Å². The van der Waals surface area contributed by atoms with E-state index in [1.807, 2.05) is 42.8 Å². The molecule has 0 spiro atoms. The van der Waals surface area contributed by atoms with Gasteiger partial charge < -0.3 is 0 Å². The lowest BCUT2D eigenvalue weighted by atomic mass is 9.77. The molecule has 3 aromatic carbocycles. The number of nitrogens with zero attached hydrogens (tertiary/aromatic N) is 1. The van der Waals surface area contributed by atoms with Crippen LogP contribution < -0.4 is 9.75 Å². The molecule has 1 saturated carbocycles. The van der Waals surface area contributed by atoms with Crippen LogP contribution in [0.2, 0.25) is 19.6 Å². The number of benzene rings is 3. The zero-order valence-corrected chi connectivity index (χ0v) is 26.5. The van der Waals surface area contributed by atoms with Crippen molar-refractivity contribution < 1.29 is 19.1 Å². The van der Waals surface area contributed by atoms with Crippen molar-refractivity contribution in [2.45, 2.75) is 90.0 Å². The zero-order chi connectivity index (χ0) is 30.7. The van der Waals surface area contributed by atoms with Crippen LogP contribution in [0.25, 0.3) is 33.2 Å². The van der Waals surface area contributed by atoms with E-state index in [4.69, 9.17) is 1.37 Å². The van der Waals surface area contributed by atoms with E-state index < -0.39 is 25.6 Å². The molecule has 1 heterocycles. The van der Waals surface area contributed by atoms with Crippen LogP contribution >= 0.6 is 0 Å². The molecule has 0 N–H and O–H groups in total. The molecule has 0 aliphatic heterocycles. The lowest BCUT2D eigenvalue weighted by Gasteiger charge is -2.31. The highest BCUT2D eigenvalue weighted by Gasteiger charge is 2.50. The Hall–Kier alpha value is -2.92. The highest BCUT2D eigenvalue weighted by atomic mass is 28.3. The highest BCUT2D eigenvalue weighted by Crippen LogP contribution is 2.47. The fourth-order valence-corrected chi connectivity index (χ4v) is 8.00. The molecule has 1 fully saturated rings. The zero-order valence-electron chi connectivity index (χ0n) is 26.5. The van der Waals surface area contributed by atoms with Crippen molar-refractivity contribution >= 4 is 24.0 Å². The minimum absolute atomic E-state index is 0.289. The predicted octanol–water partition coefficient (Wildman–Crippen LogP) is 9.74. The van der Waals surface area contributed by atoms with Gasteiger partial charge in [0.15, 0.2) is 6.20 Å². The molecule has 1 aromatic heterocycles. The molecule has 41 heavy (non-hydrogen) atoms. The third-order valence-electron chi connectivity index (χ3n) is 9.09. The van der Waals surface area contributed by atoms with E-state index in [9.17, 15) is 13.2 Å². The number of fused-ring (bicyclic) bond motifs is 1. The number of rotatable bonds is 5. The molecule has 1 aliphatic carbocycles. The first kappa shape index (κ1) is 28.2. The summed E-state index contributed by atoms with van der Waals surface area (Å²) in [6.07, 6.45) is 2.88. The standard InChI is InChI=1S/C36H43F3NSi/c1-24-29-16-12-11-15-28(29)21-31(35(2,3)36(37,38)39)34(24)32-22-30(33(23-40(32)4)41(5,6)7)27-19-17-26(18-20-27)25-13-9-8-10-14-25/h11-12,15-23,25H,8-10,13-14H2,1-7H3/q+1/i25D. The molecular formula is C36H43F3NSi+. The van der Waals surface area contributed by atoms with E-state index in [0.29, 0.717) is 5.56 Å². The predicted molar refractivity (Wildman–Crippen MR) is 169 cm³/mol. The van der Waals surface area contributed by atoms with E-state index in [0.717, 1.165) is 64.4 Å². The monoisotopic (exact) mass is 575 g/mol. The Morgan fingerprint density at radius 3 is 2.15 bits per heavy atom. The van der Waals surface area contributed by atoms with Gasteiger partial charge in [-0.3, -0.25) is 0 Å². The molecular weight excluding hydrogens is 531 g/mol. The summed E-state index contributed by atoms with van der Waals surface area (Å²) in [7, 11) is 0.104. The molecule has 1 aliphatic rings. The average Bonchev–Trinajstić information content (AvgIpc) is 2.92. The molecule has 0 saturated heterocycles.